The first-order chi connectivity index (χ1) is 57.4. The van der Waals surface area contributed by atoms with Crippen molar-refractivity contribution in [3.05, 3.63) is 291 Å². The Morgan fingerprint density at radius 1 is 0.447 bits per heavy atom. The van der Waals surface area contributed by atoms with Gasteiger partial charge in [0.25, 0.3) is 61.2 Å². The molecule has 9 heterocycles. The molecule has 26 nitrogen and oxygen atoms in total. The van der Waals surface area contributed by atoms with Crippen molar-refractivity contribution in [1.82, 2.24) is 19.9 Å². The molecule has 0 fully saturated rings. The fourth-order valence-electron chi connectivity index (χ4n) is 14.0. The smallest absolute Gasteiger partial charge is 1.00 e. The van der Waals surface area contributed by atoms with Crippen molar-refractivity contribution in [1.29, 1.82) is 0 Å². The van der Waals surface area contributed by atoms with E-state index in [1.807, 2.05) is 24.3 Å². The van der Waals surface area contributed by atoms with Crippen molar-refractivity contribution >= 4 is 253 Å². The minimum Gasteiger partial charge on any atom is -1.00 e. The molecule has 626 valence electrons. The van der Waals surface area contributed by atoms with Crippen molar-refractivity contribution < 1.29 is 181 Å². The standard InChI is InChI=1S/C19H14Cl2N2O4S.C17H13Cl2N2O3S.C17H12Cl2N2O3S.C17H12Cl2N2O2S.C9H5Cl2NO2S.CH2O3.2K.H/c1-11(24)27-19-16-8-14(21)10-18(15(16)4-6-22-19)28(25,26)23-7-5-12-2-3-13(20)9-17(12)23;18-13-2-1-11-3-6-21(16(11)8-13)25(23,24)17-9-14(19)7-12-10-20(22)5-4-15(12)17;18-11-2-1-10-4-6-21(15(10)8-11)25(23,24)16-9-12(19)7-14-13(16)3-5-20-17(14)22;18-13-2-1-11-4-6-21(16(11)8-13)24(22,23)17-9-14(19)7-12-10-20-5-3-15(12)17;10-7-3-6-5-12-2-1-8(6)9(4-7)15(11,13)14;2-1-4-3;;;/h2-4,6,8-10H,5,7H2,1H3;1-2,4-5,7-10,22H,3,6H2;1-3,5,7-9H,4,6H2,(H,20,22);1-3,5,7-10H,4,6H2;1-5H;1,3H;;;/q;+1;;;;;2*+1;-1/p-1. The van der Waals surface area contributed by atoms with Crippen LogP contribution in [0.25, 0.3) is 53.9 Å². The van der Waals surface area contributed by atoms with Gasteiger partial charge in [-0.25, -0.2) is 47.1 Å². The van der Waals surface area contributed by atoms with Crippen LogP contribution in [0.5, 0.6) is 5.88 Å². The predicted molar refractivity (Wildman–Crippen MR) is 468 cm³/mol. The van der Waals surface area contributed by atoms with Gasteiger partial charge in [0.05, 0.1) is 52.6 Å². The number of carbonyl (C=O) groups is 2. The summed E-state index contributed by atoms with van der Waals surface area (Å²) in [6, 6.07) is 43.9. The van der Waals surface area contributed by atoms with Crippen LogP contribution in [0.15, 0.2) is 243 Å². The second kappa shape index (κ2) is 40.5. The molecule has 2 N–H and O–H groups in total. The van der Waals surface area contributed by atoms with Gasteiger partial charge in [-0.05, 0) is 181 Å². The van der Waals surface area contributed by atoms with E-state index >= 15 is 0 Å². The fourth-order valence-corrected chi connectivity index (χ4v) is 24.1. The third kappa shape index (κ3) is 21.5. The number of nitrogens with zero attached hydrogens (tertiary/aromatic N) is 8. The van der Waals surface area contributed by atoms with Gasteiger partial charge in [0.2, 0.25) is 18.3 Å². The Morgan fingerprint density at radius 2 is 0.780 bits per heavy atom. The van der Waals surface area contributed by atoms with Gasteiger partial charge < -0.3 is 21.3 Å². The number of aromatic nitrogens is 5. The van der Waals surface area contributed by atoms with Crippen LogP contribution in [0.4, 0.5) is 22.7 Å². The van der Waals surface area contributed by atoms with E-state index in [1.165, 1.54) is 104 Å². The first kappa shape index (κ1) is 97.3. The van der Waals surface area contributed by atoms with E-state index in [1.54, 1.807) is 109 Å². The number of aromatic amines is 1. The summed E-state index contributed by atoms with van der Waals surface area (Å²) in [7, 11) is -13.9. The Kier molecular flexibility index (Phi) is 32.1. The summed E-state index contributed by atoms with van der Waals surface area (Å²) in [5.41, 5.74) is 5.67. The molecular weight excluding hydrogens is 1950 g/mol. The van der Waals surface area contributed by atoms with Crippen molar-refractivity contribution in [3.8, 4) is 5.88 Å². The number of H-pyrrole nitrogens is 1. The number of fused-ring (bicyclic) bond motifs is 9. The maximum Gasteiger partial charge on any atom is 1.00 e. The molecule has 0 spiro atoms. The molecule has 4 aliphatic heterocycles. The minimum absolute atomic E-state index is 0. The van der Waals surface area contributed by atoms with E-state index in [9.17, 15) is 56.9 Å². The normalized spacial score (nSPS) is 13.2. The molecule has 14 aromatic rings. The Hall–Kier alpha value is -6.35. The van der Waals surface area contributed by atoms with E-state index in [0.717, 1.165) is 27.0 Å². The molecule has 0 bridgehead atoms. The van der Waals surface area contributed by atoms with E-state index in [2.05, 4.69) is 24.8 Å². The summed E-state index contributed by atoms with van der Waals surface area (Å²) < 4.78 is 141. The third-order valence-electron chi connectivity index (χ3n) is 19.2. The molecule has 5 aromatic heterocycles. The topological polar surface area (TPSA) is 355 Å². The van der Waals surface area contributed by atoms with Gasteiger partial charge in [-0.3, -0.25) is 46.8 Å². The van der Waals surface area contributed by atoms with Crippen LogP contribution in [0.1, 0.15) is 30.6 Å². The van der Waals surface area contributed by atoms with Crippen LogP contribution >= 0.6 is 115 Å². The molecule has 0 unspecified atom stereocenters. The van der Waals surface area contributed by atoms with Gasteiger partial charge in [0, 0.05) is 185 Å². The van der Waals surface area contributed by atoms with Gasteiger partial charge in [0.15, 0.2) is 0 Å². The Balaban J connectivity index is 0.000000161. The fraction of sp³-hybridized carbons (Fsp3) is 0.113. The number of nitrogens with one attached hydrogen (secondary N) is 1. The molecule has 9 aromatic carbocycles. The van der Waals surface area contributed by atoms with Crippen LogP contribution in [0.2, 0.25) is 45.2 Å². The summed E-state index contributed by atoms with van der Waals surface area (Å²) >= 11 is 54.5. The number of hydrogen-bond donors (Lipinski definition) is 2. The quantitative estimate of drug-likeness (QED) is 0.0177. The van der Waals surface area contributed by atoms with E-state index in [0.29, 0.717) is 153 Å². The van der Waals surface area contributed by atoms with Crippen LogP contribution in [0, 0.1) is 0 Å². The number of halogens is 10. The molecule has 0 saturated heterocycles. The SMILES string of the molecule is CC(=O)Oc1nccc2c(S(=O)(=O)N3CCc4ccc(Cl)cc43)cc(Cl)cc12.O=CO[O-].O=S(=O)(Cl)c1cc(Cl)cc2cnccc12.O=S(=O)(c1cc(Cl)cc2c[n+](O)ccc12)N1CCc2ccc(Cl)cc21.O=S(=O)(c1cc(Cl)cc2cnccc12)N1CCc2ccc(Cl)cc21.O=c1[nH]ccc2c(S(=O)(=O)N3CCc4ccc(Cl)cc43)cc(Cl)cc12.[H-].[K+].[K+]. The summed E-state index contributed by atoms with van der Waals surface area (Å²) in [4.78, 5) is 49.4. The van der Waals surface area contributed by atoms with Crippen molar-refractivity contribution in [2.24, 2.45) is 0 Å². The van der Waals surface area contributed by atoms with Crippen LogP contribution < -0.4 is 140 Å². The van der Waals surface area contributed by atoms with Crippen LogP contribution in [-0.4, -0.2) is 106 Å². The molecule has 0 aliphatic carbocycles. The molecule has 18 rings (SSSR count). The number of rotatable bonds is 11. The molecule has 4 aliphatic rings. The molecule has 0 radical (unpaired) electrons. The Bertz CT molecular complexity index is 7260. The molecule has 0 atom stereocenters. The third-order valence-corrected chi connectivity index (χ3v) is 30.0. The van der Waals surface area contributed by atoms with Crippen molar-refractivity contribution in [3.63, 3.8) is 0 Å². The molecule has 0 saturated carbocycles. The average molecular weight is 2010 g/mol. The number of carbonyl (C=O) groups excluding carboxylic acids is 2. The van der Waals surface area contributed by atoms with Crippen LogP contribution in [-0.2, 0) is 89.3 Å². The summed E-state index contributed by atoms with van der Waals surface area (Å²) in [5, 5.41) is 26.0. The summed E-state index contributed by atoms with van der Waals surface area (Å²) in [6.07, 6.45) is 14.3. The van der Waals surface area contributed by atoms with E-state index < -0.39 is 55.1 Å². The van der Waals surface area contributed by atoms with Crippen molar-refractivity contribution in [2.75, 3.05) is 43.4 Å². The van der Waals surface area contributed by atoms with Gasteiger partial charge in [-0.1, -0.05) is 129 Å². The zero-order chi connectivity index (χ0) is 86.9. The molecular formula is C80H58Cl10K2N9O17S5+. The number of anilines is 4. The first-order valence-corrected chi connectivity index (χ1v) is 46.7. The minimum atomic E-state index is -3.94. The maximum absolute atomic E-state index is 13.5. The van der Waals surface area contributed by atoms with Gasteiger partial charge >= 0.3 is 109 Å². The zero-order valence-electron chi connectivity index (χ0n) is 64.8. The number of ether oxygens (including phenoxy) is 1. The molecule has 123 heavy (non-hydrogen) atoms. The van der Waals surface area contributed by atoms with E-state index in [-0.39, 0.29) is 167 Å². The van der Waals surface area contributed by atoms with Crippen molar-refractivity contribution in [2.45, 2.75) is 57.1 Å². The number of benzene rings is 9. The monoisotopic (exact) mass is 2000 g/mol. The summed E-state index contributed by atoms with van der Waals surface area (Å²) in [5.74, 6) is -0.554. The first-order valence-electron chi connectivity index (χ1n) is 35.3. The summed E-state index contributed by atoms with van der Waals surface area (Å²) in [6.45, 7) is 2.41. The number of pyridine rings is 5. The number of esters is 1. The number of hydrogen-bond acceptors (Lipinski definition) is 20. The van der Waals surface area contributed by atoms with Gasteiger partial charge in [0.1, 0.15) is 0 Å². The predicted octanol–water partition coefficient (Wildman–Crippen LogP) is 10.9. The Labute approximate surface area is 839 Å². The van der Waals surface area contributed by atoms with Crippen LogP contribution in [0.3, 0.4) is 0 Å². The second-order valence-electron chi connectivity index (χ2n) is 26.6. The number of sulfonamides is 4. The zero-order valence-corrected chi connectivity index (χ0v) is 81.7. The average Bonchev–Trinajstić information content (AvgIpc) is 1.37. The van der Waals surface area contributed by atoms with Gasteiger partial charge in [-0.15, -0.1) is 0 Å². The largest absolute Gasteiger partial charge is 1.00 e. The molecule has 43 heteroatoms. The van der Waals surface area contributed by atoms with Gasteiger partial charge in [-0.2, -0.15) is 0 Å². The maximum atomic E-state index is 13.5. The van der Waals surface area contributed by atoms with E-state index in [4.69, 9.17) is 130 Å². The molecule has 0 amide bonds. The Morgan fingerprint density at radius 3 is 1.16 bits per heavy atom. The second-order valence-corrected chi connectivity index (χ2v) is 40.4.